The summed E-state index contributed by atoms with van der Waals surface area (Å²) in [6.07, 6.45) is -0.317. The number of ether oxygens (including phenoxy) is 3. The molecular weight excluding hydrogens is 327 g/mol. The Morgan fingerprint density at radius 2 is 1.84 bits per heavy atom. The third kappa shape index (κ3) is 4.15. The summed E-state index contributed by atoms with van der Waals surface area (Å²) in [6, 6.07) is 10.6. The largest absolute Gasteiger partial charge is 0.454 e. The number of Topliss-reactive ketones (excluding diaryl/α,β-unsaturated/α-hetero) is 1. The molecule has 0 saturated heterocycles. The molecule has 2 aromatic rings. The molecule has 0 N–H and O–H groups in total. The van der Waals surface area contributed by atoms with Crippen molar-refractivity contribution in [2.75, 3.05) is 6.79 Å². The van der Waals surface area contributed by atoms with Crippen LogP contribution in [0.4, 0.5) is 4.39 Å². The van der Waals surface area contributed by atoms with Crippen molar-refractivity contribution in [1.29, 1.82) is 0 Å². The van der Waals surface area contributed by atoms with Crippen LogP contribution < -0.4 is 9.47 Å². The standard InChI is InChI=1S/C19H17FO5/c1-12(19(22)14-4-6-15(20)7-5-14)25-18(21)9-3-13-2-8-16-17(10-13)24-11-23-16/h2,4-8,10,12H,3,9,11H2,1H3/t12-/m0/s1. The Kier molecular flexibility index (Phi) is 4.97. The first-order valence-corrected chi connectivity index (χ1v) is 7.91. The highest BCUT2D eigenvalue weighted by molar-refractivity contribution is 6.00. The summed E-state index contributed by atoms with van der Waals surface area (Å²) in [5.74, 6) is 0.0811. The van der Waals surface area contributed by atoms with Crippen LogP contribution in [-0.2, 0) is 16.0 Å². The topological polar surface area (TPSA) is 61.8 Å². The van der Waals surface area contributed by atoms with Gasteiger partial charge in [0.05, 0.1) is 0 Å². The first-order chi connectivity index (χ1) is 12.0. The molecule has 0 fully saturated rings. The molecule has 0 bridgehead atoms. The summed E-state index contributed by atoms with van der Waals surface area (Å²) in [4.78, 5) is 24.1. The van der Waals surface area contributed by atoms with Gasteiger partial charge in [-0.2, -0.15) is 0 Å². The van der Waals surface area contributed by atoms with Crippen LogP contribution in [0.15, 0.2) is 42.5 Å². The zero-order chi connectivity index (χ0) is 17.8. The predicted octanol–water partition coefficient (Wildman–Crippen LogP) is 3.30. The number of hydrogen-bond acceptors (Lipinski definition) is 5. The molecular formula is C19H17FO5. The quantitative estimate of drug-likeness (QED) is 0.594. The zero-order valence-corrected chi connectivity index (χ0v) is 13.7. The lowest BCUT2D eigenvalue weighted by Gasteiger charge is -2.12. The maximum atomic E-state index is 12.9. The number of aryl methyl sites for hydroxylation is 1. The summed E-state index contributed by atoms with van der Waals surface area (Å²) in [7, 11) is 0. The van der Waals surface area contributed by atoms with Gasteiger partial charge in [0.15, 0.2) is 17.6 Å². The van der Waals surface area contributed by atoms with E-state index in [1.54, 1.807) is 6.07 Å². The summed E-state index contributed by atoms with van der Waals surface area (Å²) < 4.78 is 28.6. The Bertz CT molecular complexity index is 785. The molecule has 0 aromatic heterocycles. The molecule has 5 nitrogen and oxygen atoms in total. The van der Waals surface area contributed by atoms with E-state index in [0.29, 0.717) is 23.5 Å². The van der Waals surface area contributed by atoms with Crippen molar-refractivity contribution in [2.24, 2.45) is 0 Å². The summed E-state index contributed by atoms with van der Waals surface area (Å²) >= 11 is 0. The van der Waals surface area contributed by atoms with Crippen molar-refractivity contribution in [3.05, 3.63) is 59.4 Å². The second kappa shape index (κ2) is 7.34. The van der Waals surface area contributed by atoms with Crippen LogP contribution in [0.2, 0.25) is 0 Å². The van der Waals surface area contributed by atoms with Crippen molar-refractivity contribution in [3.63, 3.8) is 0 Å². The van der Waals surface area contributed by atoms with Gasteiger partial charge in [0.25, 0.3) is 0 Å². The summed E-state index contributed by atoms with van der Waals surface area (Å²) in [5.41, 5.74) is 1.22. The average Bonchev–Trinajstić information content (AvgIpc) is 3.07. The number of carbonyl (C=O) groups is 2. The number of hydrogen-bond donors (Lipinski definition) is 0. The third-order valence-corrected chi connectivity index (χ3v) is 3.86. The van der Waals surface area contributed by atoms with Gasteiger partial charge in [0.2, 0.25) is 12.6 Å². The molecule has 0 spiro atoms. The van der Waals surface area contributed by atoms with E-state index < -0.39 is 17.9 Å². The monoisotopic (exact) mass is 344 g/mol. The molecule has 0 saturated carbocycles. The van der Waals surface area contributed by atoms with Gasteiger partial charge in [-0.05, 0) is 55.3 Å². The Morgan fingerprint density at radius 3 is 2.60 bits per heavy atom. The van der Waals surface area contributed by atoms with E-state index in [2.05, 4.69) is 0 Å². The lowest BCUT2D eigenvalue weighted by molar-refractivity contribution is -0.146. The summed E-state index contributed by atoms with van der Waals surface area (Å²) in [5, 5.41) is 0. The van der Waals surface area contributed by atoms with Crippen molar-refractivity contribution < 1.29 is 28.2 Å². The number of esters is 1. The Labute approximate surface area is 144 Å². The minimum atomic E-state index is -0.922. The fourth-order valence-electron chi connectivity index (χ4n) is 2.50. The molecule has 1 atom stereocenters. The molecule has 130 valence electrons. The van der Waals surface area contributed by atoms with Gasteiger partial charge < -0.3 is 14.2 Å². The minimum Gasteiger partial charge on any atom is -0.454 e. The fraction of sp³-hybridized carbons (Fsp3) is 0.263. The fourth-order valence-corrected chi connectivity index (χ4v) is 2.50. The smallest absolute Gasteiger partial charge is 0.306 e. The number of rotatable bonds is 6. The van der Waals surface area contributed by atoms with Crippen LogP contribution in [0.25, 0.3) is 0 Å². The Hall–Kier alpha value is -2.89. The normalized spacial score (nSPS) is 13.4. The van der Waals surface area contributed by atoms with Gasteiger partial charge in [-0.1, -0.05) is 6.07 Å². The predicted molar refractivity (Wildman–Crippen MR) is 87.2 cm³/mol. The molecule has 1 aliphatic heterocycles. The SMILES string of the molecule is C[C@H](OC(=O)CCc1ccc2c(c1)OCO2)C(=O)c1ccc(F)cc1. The van der Waals surface area contributed by atoms with Crippen LogP contribution in [0.1, 0.15) is 29.3 Å². The van der Waals surface area contributed by atoms with Crippen LogP contribution in [0, 0.1) is 5.82 Å². The van der Waals surface area contributed by atoms with Crippen LogP contribution in [-0.4, -0.2) is 24.6 Å². The molecule has 2 aromatic carbocycles. The van der Waals surface area contributed by atoms with Crippen LogP contribution >= 0.6 is 0 Å². The maximum Gasteiger partial charge on any atom is 0.306 e. The highest BCUT2D eigenvalue weighted by Crippen LogP contribution is 2.32. The highest BCUT2D eigenvalue weighted by atomic mass is 19.1. The molecule has 0 aliphatic carbocycles. The number of halogens is 1. The minimum absolute atomic E-state index is 0.140. The number of benzene rings is 2. The molecule has 25 heavy (non-hydrogen) atoms. The van der Waals surface area contributed by atoms with E-state index in [1.807, 2.05) is 12.1 Å². The van der Waals surface area contributed by atoms with E-state index in [4.69, 9.17) is 14.2 Å². The maximum absolute atomic E-state index is 12.9. The third-order valence-electron chi connectivity index (χ3n) is 3.86. The van der Waals surface area contributed by atoms with Gasteiger partial charge >= 0.3 is 5.97 Å². The number of carbonyl (C=O) groups excluding carboxylic acids is 2. The molecule has 1 heterocycles. The highest BCUT2D eigenvalue weighted by Gasteiger charge is 2.20. The van der Waals surface area contributed by atoms with E-state index in [-0.39, 0.29) is 19.0 Å². The van der Waals surface area contributed by atoms with Gasteiger partial charge in [0, 0.05) is 12.0 Å². The van der Waals surface area contributed by atoms with Crippen molar-refractivity contribution in [3.8, 4) is 11.5 Å². The first kappa shape index (κ1) is 17.0. The van der Waals surface area contributed by atoms with Crippen molar-refractivity contribution in [2.45, 2.75) is 25.9 Å². The van der Waals surface area contributed by atoms with Gasteiger partial charge in [-0.25, -0.2) is 4.39 Å². The molecule has 0 amide bonds. The van der Waals surface area contributed by atoms with Crippen molar-refractivity contribution >= 4 is 11.8 Å². The van der Waals surface area contributed by atoms with Crippen molar-refractivity contribution in [1.82, 2.24) is 0 Å². The average molecular weight is 344 g/mol. The number of ketones is 1. The second-order valence-electron chi connectivity index (χ2n) is 5.69. The Morgan fingerprint density at radius 1 is 1.12 bits per heavy atom. The van der Waals surface area contributed by atoms with Gasteiger partial charge in [-0.3, -0.25) is 9.59 Å². The van der Waals surface area contributed by atoms with Crippen LogP contribution in [0.3, 0.4) is 0 Å². The lowest BCUT2D eigenvalue weighted by Crippen LogP contribution is -2.24. The molecule has 1 aliphatic rings. The Balaban J connectivity index is 1.51. The zero-order valence-electron chi connectivity index (χ0n) is 13.7. The summed E-state index contributed by atoms with van der Waals surface area (Å²) in [6.45, 7) is 1.70. The van der Waals surface area contributed by atoms with E-state index in [0.717, 1.165) is 5.56 Å². The van der Waals surface area contributed by atoms with Gasteiger partial charge in [-0.15, -0.1) is 0 Å². The van der Waals surface area contributed by atoms with E-state index in [1.165, 1.54) is 31.2 Å². The van der Waals surface area contributed by atoms with Gasteiger partial charge in [0.1, 0.15) is 5.82 Å². The first-order valence-electron chi connectivity index (χ1n) is 7.91. The van der Waals surface area contributed by atoms with E-state index in [9.17, 15) is 14.0 Å². The van der Waals surface area contributed by atoms with E-state index >= 15 is 0 Å². The second-order valence-corrected chi connectivity index (χ2v) is 5.69. The number of fused-ring (bicyclic) bond motifs is 1. The molecule has 0 unspecified atom stereocenters. The van der Waals surface area contributed by atoms with Crippen LogP contribution in [0.5, 0.6) is 11.5 Å². The molecule has 3 rings (SSSR count). The lowest BCUT2D eigenvalue weighted by atomic mass is 10.1. The molecule has 6 heteroatoms. The molecule has 0 radical (unpaired) electrons.